The third kappa shape index (κ3) is 1.01. The first-order valence-corrected chi connectivity index (χ1v) is 3.34. The maximum absolute atomic E-state index is 10.5. The predicted molar refractivity (Wildman–Crippen MR) is 35.8 cm³/mol. The second-order valence-corrected chi connectivity index (χ2v) is 2.76. The van der Waals surface area contributed by atoms with Gasteiger partial charge in [0.15, 0.2) is 0 Å². The van der Waals surface area contributed by atoms with Gasteiger partial charge in [-0.15, -0.1) is 0 Å². The van der Waals surface area contributed by atoms with Gasteiger partial charge >= 0.3 is 5.97 Å². The summed E-state index contributed by atoms with van der Waals surface area (Å²) in [5.41, 5.74) is -2.08. The fourth-order valence-corrected chi connectivity index (χ4v) is 1.25. The lowest BCUT2D eigenvalue weighted by Gasteiger charge is -2.27. The van der Waals surface area contributed by atoms with Crippen LogP contribution in [0.5, 0.6) is 0 Å². The molecule has 0 amide bonds. The molecule has 0 aromatic carbocycles. The fourth-order valence-electron chi connectivity index (χ4n) is 1.25. The second kappa shape index (κ2) is 2.44. The van der Waals surface area contributed by atoms with E-state index in [2.05, 4.69) is 0 Å². The van der Waals surface area contributed by atoms with E-state index in [0.29, 0.717) is 13.0 Å². The third-order valence-electron chi connectivity index (χ3n) is 2.10. The van der Waals surface area contributed by atoms with Crippen LogP contribution in [-0.2, 0) is 4.79 Å². The van der Waals surface area contributed by atoms with E-state index in [0.717, 1.165) is 0 Å². The second-order valence-electron chi connectivity index (χ2n) is 2.76. The quantitative estimate of drug-likeness (QED) is 0.434. The molecule has 0 aromatic heterocycles. The summed E-state index contributed by atoms with van der Waals surface area (Å²) in [6, 6.07) is 0. The van der Waals surface area contributed by atoms with E-state index in [-0.39, 0.29) is 0 Å². The summed E-state index contributed by atoms with van der Waals surface area (Å²) in [7, 11) is 1.46. The van der Waals surface area contributed by atoms with E-state index < -0.39 is 17.8 Å². The number of likely N-dealkylation sites (tertiary alicyclic amines) is 1. The van der Waals surface area contributed by atoms with Crippen LogP contribution in [0.4, 0.5) is 0 Å². The molecule has 0 saturated carbocycles. The van der Waals surface area contributed by atoms with Crippen LogP contribution in [0.3, 0.4) is 0 Å². The maximum atomic E-state index is 10.5. The van der Waals surface area contributed by atoms with E-state index in [1.165, 1.54) is 11.9 Å². The number of carboxylic acid groups (broad SMARTS) is 1. The number of aliphatic carboxylic acids is 1. The molecule has 11 heavy (non-hydrogen) atoms. The fraction of sp³-hybridized carbons (Fsp3) is 0.833. The van der Waals surface area contributed by atoms with Gasteiger partial charge in [0.2, 0.25) is 5.72 Å². The Morgan fingerprint density at radius 3 is 2.45 bits per heavy atom. The zero-order valence-corrected chi connectivity index (χ0v) is 6.19. The molecule has 0 radical (unpaired) electrons. The first kappa shape index (κ1) is 8.45. The van der Waals surface area contributed by atoms with Crippen LogP contribution in [0.15, 0.2) is 0 Å². The number of hydrogen-bond donors (Lipinski definition) is 3. The molecule has 0 aliphatic carbocycles. The topological polar surface area (TPSA) is 81.0 Å². The Morgan fingerprint density at radius 1 is 1.73 bits per heavy atom. The van der Waals surface area contributed by atoms with Crippen molar-refractivity contribution in [2.45, 2.75) is 18.2 Å². The van der Waals surface area contributed by atoms with Crippen LogP contribution in [0.2, 0.25) is 0 Å². The highest BCUT2D eigenvalue weighted by molar-refractivity contribution is 5.77. The zero-order chi connectivity index (χ0) is 8.65. The first-order chi connectivity index (χ1) is 4.99. The summed E-state index contributed by atoms with van der Waals surface area (Å²) < 4.78 is 0. The third-order valence-corrected chi connectivity index (χ3v) is 2.10. The number of aliphatic hydroxyl groups excluding tert-OH is 1. The average molecular weight is 161 g/mol. The molecular formula is C6H11NO4. The van der Waals surface area contributed by atoms with E-state index in [4.69, 9.17) is 10.2 Å². The molecule has 5 nitrogen and oxygen atoms in total. The van der Waals surface area contributed by atoms with E-state index >= 15 is 0 Å². The van der Waals surface area contributed by atoms with Crippen molar-refractivity contribution < 1.29 is 20.1 Å². The summed E-state index contributed by atoms with van der Waals surface area (Å²) in [6.07, 6.45) is -0.899. The Hall–Kier alpha value is -0.650. The molecular weight excluding hydrogens is 150 g/mol. The minimum Gasteiger partial charge on any atom is -0.478 e. The predicted octanol–water partition coefficient (Wildman–Crippen LogP) is -1.54. The molecule has 5 heteroatoms. The van der Waals surface area contributed by atoms with Crippen molar-refractivity contribution in [2.24, 2.45) is 0 Å². The normalized spacial score (nSPS) is 39.4. The summed E-state index contributed by atoms with van der Waals surface area (Å²) >= 11 is 0. The molecule has 1 aliphatic rings. The van der Waals surface area contributed by atoms with Gasteiger partial charge in [0.1, 0.15) is 6.10 Å². The SMILES string of the molecule is CN1CCC(O)[C@@]1(O)C(=O)O. The van der Waals surface area contributed by atoms with Crippen LogP contribution in [0.1, 0.15) is 6.42 Å². The molecule has 64 valence electrons. The summed E-state index contributed by atoms with van der Waals surface area (Å²) in [4.78, 5) is 11.7. The highest BCUT2D eigenvalue weighted by Gasteiger charge is 2.51. The Kier molecular flexibility index (Phi) is 1.87. The van der Waals surface area contributed by atoms with Gasteiger partial charge < -0.3 is 15.3 Å². The minimum absolute atomic E-state index is 0.291. The zero-order valence-electron chi connectivity index (χ0n) is 6.19. The standard InChI is InChI=1S/C6H11NO4/c1-7-3-2-4(8)6(7,11)5(9)10/h4,8,11H,2-3H2,1H3,(H,9,10)/t4?,6-/m1/s1. The molecule has 0 aromatic rings. The lowest BCUT2D eigenvalue weighted by Crippen LogP contribution is -2.55. The van der Waals surface area contributed by atoms with Gasteiger partial charge in [-0.25, -0.2) is 4.79 Å². The lowest BCUT2D eigenvalue weighted by atomic mass is 10.1. The van der Waals surface area contributed by atoms with Crippen molar-refractivity contribution in [1.29, 1.82) is 0 Å². The van der Waals surface area contributed by atoms with Crippen LogP contribution in [0, 0.1) is 0 Å². The van der Waals surface area contributed by atoms with Crippen molar-refractivity contribution in [2.75, 3.05) is 13.6 Å². The smallest absolute Gasteiger partial charge is 0.354 e. The largest absolute Gasteiger partial charge is 0.478 e. The maximum Gasteiger partial charge on any atom is 0.354 e. The molecule has 1 saturated heterocycles. The highest BCUT2D eigenvalue weighted by Crippen LogP contribution is 2.25. The number of carboxylic acids is 1. The summed E-state index contributed by atoms with van der Waals surface area (Å²) in [5.74, 6) is -1.40. The molecule has 1 fully saturated rings. The molecule has 2 atom stereocenters. The average Bonchev–Trinajstić information content (AvgIpc) is 2.18. The van der Waals surface area contributed by atoms with Crippen LogP contribution < -0.4 is 0 Å². The van der Waals surface area contributed by atoms with Crippen molar-refractivity contribution in [3.63, 3.8) is 0 Å². The molecule has 1 heterocycles. The Labute approximate surface area is 63.9 Å². The van der Waals surface area contributed by atoms with E-state index in [9.17, 15) is 9.90 Å². The molecule has 0 spiro atoms. The Balaban J connectivity index is 2.88. The monoisotopic (exact) mass is 161 g/mol. The van der Waals surface area contributed by atoms with Gasteiger partial charge in [0.25, 0.3) is 0 Å². The molecule has 1 unspecified atom stereocenters. The number of carbonyl (C=O) groups is 1. The highest BCUT2D eigenvalue weighted by atomic mass is 16.4. The van der Waals surface area contributed by atoms with Crippen LogP contribution >= 0.6 is 0 Å². The van der Waals surface area contributed by atoms with E-state index in [1.807, 2.05) is 0 Å². The van der Waals surface area contributed by atoms with Crippen molar-refractivity contribution in [1.82, 2.24) is 4.90 Å². The van der Waals surface area contributed by atoms with Crippen molar-refractivity contribution in [3.05, 3.63) is 0 Å². The number of hydrogen-bond acceptors (Lipinski definition) is 4. The number of aliphatic hydroxyl groups is 2. The lowest BCUT2D eigenvalue weighted by molar-refractivity contribution is -0.189. The Bertz CT molecular complexity index is 171. The van der Waals surface area contributed by atoms with Gasteiger partial charge in [0.05, 0.1) is 0 Å². The van der Waals surface area contributed by atoms with Crippen molar-refractivity contribution in [3.8, 4) is 0 Å². The number of nitrogens with zero attached hydrogens (tertiary/aromatic N) is 1. The number of rotatable bonds is 1. The molecule has 1 aliphatic heterocycles. The molecule has 3 N–H and O–H groups in total. The Morgan fingerprint density at radius 2 is 2.27 bits per heavy atom. The number of likely N-dealkylation sites (N-methyl/N-ethyl adjacent to an activating group) is 1. The van der Waals surface area contributed by atoms with E-state index in [1.54, 1.807) is 0 Å². The van der Waals surface area contributed by atoms with Gasteiger partial charge in [-0.05, 0) is 13.5 Å². The van der Waals surface area contributed by atoms with Gasteiger partial charge in [-0.1, -0.05) is 0 Å². The molecule has 0 bridgehead atoms. The first-order valence-electron chi connectivity index (χ1n) is 3.34. The van der Waals surface area contributed by atoms with Gasteiger partial charge in [-0.2, -0.15) is 0 Å². The van der Waals surface area contributed by atoms with Crippen LogP contribution in [0.25, 0.3) is 0 Å². The van der Waals surface area contributed by atoms with Gasteiger partial charge in [-0.3, -0.25) is 4.90 Å². The molecule has 1 rings (SSSR count). The van der Waals surface area contributed by atoms with Crippen molar-refractivity contribution >= 4 is 5.97 Å². The van der Waals surface area contributed by atoms with Gasteiger partial charge in [0, 0.05) is 6.54 Å². The summed E-state index contributed by atoms with van der Waals surface area (Å²) in [6.45, 7) is 0.393. The minimum atomic E-state index is -2.08. The summed E-state index contributed by atoms with van der Waals surface area (Å²) in [5, 5.41) is 27.1. The van der Waals surface area contributed by atoms with Crippen LogP contribution in [-0.4, -0.2) is 51.6 Å².